The monoisotopic (exact) mass is 227 g/mol. The van der Waals surface area contributed by atoms with Gasteiger partial charge in [0.25, 0.3) is 0 Å². The number of amides is 1. The Labute approximate surface area is 91.6 Å². The van der Waals surface area contributed by atoms with Gasteiger partial charge in [0.15, 0.2) is 0 Å². The van der Waals surface area contributed by atoms with Crippen molar-refractivity contribution >= 4 is 23.2 Å². The molecule has 0 aromatic carbocycles. The van der Waals surface area contributed by atoms with Crippen molar-refractivity contribution in [2.75, 3.05) is 18.9 Å². The fourth-order valence-electron chi connectivity index (χ4n) is 1.47. The average molecular weight is 228 g/mol. The summed E-state index contributed by atoms with van der Waals surface area (Å²) in [4.78, 5) is 15.0. The Balaban J connectivity index is 2.27. The third-order valence-corrected chi connectivity index (χ3v) is 2.37. The van der Waals surface area contributed by atoms with Crippen LogP contribution in [0.5, 0.6) is 0 Å². The molecule has 0 unspecified atom stereocenters. The summed E-state index contributed by atoms with van der Waals surface area (Å²) in [6.45, 7) is 0.492. The molecular formula is C9H10ClN3O2. The highest BCUT2D eigenvalue weighted by molar-refractivity contribution is 6.29. The number of ether oxygens (including phenoxy) is 1. The van der Waals surface area contributed by atoms with Crippen molar-refractivity contribution in [1.82, 2.24) is 10.3 Å². The lowest BCUT2D eigenvalue weighted by Crippen LogP contribution is -2.40. The number of nitrogens with one attached hydrogen (secondary N) is 1. The topological polar surface area (TPSA) is 77.2 Å². The standard InChI is InChI=1S/C9H10ClN3O2/c10-8-1-5(6(11)2-12-8)7-3-15-4-9(14)13-7/h1-2,7H,3-4,11H2,(H,13,14)/t7-/m0/s1. The van der Waals surface area contributed by atoms with Gasteiger partial charge in [0.2, 0.25) is 5.91 Å². The number of aromatic nitrogens is 1. The van der Waals surface area contributed by atoms with E-state index in [1.54, 1.807) is 6.07 Å². The van der Waals surface area contributed by atoms with Gasteiger partial charge < -0.3 is 15.8 Å². The molecule has 1 saturated heterocycles. The average Bonchev–Trinajstić information content (AvgIpc) is 2.22. The molecule has 6 heteroatoms. The Morgan fingerprint density at radius 2 is 2.47 bits per heavy atom. The minimum atomic E-state index is -0.244. The molecule has 1 aromatic rings. The number of morpholine rings is 1. The van der Waals surface area contributed by atoms with Crippen molar-refractivity contribution < 1.29 is 9.53 Å². The molecule has 2 rings (SSSR count). The zero-order chi connectivity index (χ0) is 10.8. The van der Waals surface area contributed by atoms with Gasteiger partial charge in [-0.25, -0.2) is 4.98 Å². The number of anilines is 1. The van der Waals surface area contributed by atoms with E-state index >= 15 is 0 Å². The molecule has 3 N–H and O–H groups in total. The predicted octanol–water partition coefficient (Wildman–Crippen LogP) is 0.505. The number of nitrogen functional groups attached to an aromatic ring is 1. The summed E-state index contributed by atoms with van der Waals surface area (Å²) in [7, 11) is 0. The first-order valence-corrected chi connectivity index (χ1v) is 4.82. The predicted molar refractivity (Wildman–Crippen MR) is 55.4 cm³/mol. The summed E-state index contributed by atoms with van der Waals surface area (Å²) < 4.78 is 5.11. The van der Waals surface area contributed by atoms with E-state index < -0.39 is 0 Å². The van der Waals surface area contributed by atoms with Crippen LogP contribution in [0.25, 0.3) is 0 Å². The van der Waals surface area contributed by atoms with E-state index in [-0.39, 0.29) is 18.6 Å². The fraction of sp³-hybridized carbons (Fsp3) is 0.333. The number of pyridine rings is 1. The molecule has 1 amide bonds. The Bertz CT molecular complexity index is 397. The maximum Gasteiger partial charge on any atom is 0.246 e. The van der Waals surface area contributed by atoms with Crippen molar-refractivity contribution in [2.45, 2.75) is 6.04 Å². The molecule has 0 radical (unpaired) electrons. The number of hydrogen-bond donors (Lipinski definition) is 2. The van der Waals surface area contributed by atoms with Crippen molar-refractivity contribution in [2.24, 2.45) is 0 Å². The zero-order valence-electron chi connectivity index (χ0n) is 7.87. The van der Waals surface area contributed by atoms with Gasteiger partial charge in [0.1, 0.15) is 11.8 Å². The summed E-state index contributed by atoms with van der Waals surface area (Å²) in [5.74, 6) is -0.154. The fourth-order valence-corrected chi connectivity index (χ4v) is 1.64. The van der Waals surface area contributed by atoms with E-state index in [1.807, 2.05) is 0 Å². The van der Waals surface area contributed by atoms with E-state index in [0.717, 1.165) is 5.56 Å². The van der Waals surface area contributed by atoms with E-state index in [0.29, 0.717) is 17.4 Å². The summed E-state index contributed by atoms with van der Waals surface area (Å²) >= 11 is 5.75. The van der Waals surface area contributed by atoms with Crippen LogP contribution in [0, 0.1) is 0 Å². The second kappa shape index (κ2) is 4.04. The van der Waals surface area contributed by atoms with Gasteiger partial charge in [-0.05, 0) is 6.07 Å². The normalized spacial score (nSPS) is 21.1. The third-order valence-electron chi connectivity index (χ3n) is 2.16. The Hall–Kier alpha value is -1.33. The SMILES string of the molecule is Nc1cnc(Cl)cc1[C@@H]1COCC(=O)N1. The first-order valence-electron chi connectivity index (χ1n) is 4.45. The van der Waals surface area contributed by atoms with Crippen molar-refractivity contribution in [1.29, 1.82) is 0 Å². The van der Waals surface area contributed by atoms with Gasteiger partial charge in [0.05, 0.1) is 24.5 Å². The first kappa shape index (κ1) is 10.2. The maximum absolute atomic E-state index is 11.1. The molecule has 0 bridgehead atoms. The molecule has 1 aliphatic rings. The Kier molecular flexibility index (Phi) is 2.75. The molecule has 1 fully saturated rings. The van der Waals surface area contributed by atoms with Crippen LogP contribution in [0.3, 0.4) is 0 Å². The lowest BCUT2D eigenvalue weighted by atomic mass is 10.1. The van der Waals surface area contributed by atoms with Crippen molar-refractivity contribution in [3.63, 3.8) is 0 Å². The quantitative estimate of drug-likeness (QED) is 0.685. The van der Waals surface area contributed by atoms with Crippen LogP contribution in [0.1, 0.15) is 11.6 Å². The van der Waals surface area contributed by atoms with Crippen LogP contribution >= 0.6 is 11.6 Å². The van der Waals surface area contributed by atoms with Gasteiger partial charge in [-0.15, -0.1) is 0 Å². The van der Waals surface area contributed by atoms with Crippen molar-refractivity contribution in [3.05, 3.63) is 23.0 Å². The van der Waals surface area contributed by atoms with Crippen LogP contribution in [0.4, 0.5) is 5.69 Å². The second-order valence-electron chi connectivity index (χ2n) is 3.27. The number of nitrogens with two attached hydrogens (primary N) is 1. The van der Waals surface area contributed by atoms with Gasteiger partial charge >= 0.3 is 0 Å². The molecule has 0 spiro atoms. The highest BCUT2D eigenvalue weighted by Gasteiger charge is 2.22. The summed E-state index contributed by atoms with van der Waals surface area (Å²) in [6.07, 6.45) is 1.47. The van der Waals surface area contributed by atoms with Gasteiger partial charge in [-0.2, -0.15) is 0 Å². The molecule has 15 heavy (non-hydrogen) atoms. The smallest absolute Gasteiger partial charge is 0.246 e. The molecule has 1 aliphatic heterocycles. The van der Waals surface area contributed by atoms with Crippen LogP contribution in [-0.4, -0.2) is 24.1 Å². The lowest BCUT2D eigenvalue weighted by molar-refractivity contribution is -0.131. The first-order chi connectivity index (χ1) is 7.16. The van der Waals surface area contributed by atoms with Gasteiger partial charge in [-0.1, -0.05) is 11.6 Å². The van der Waals surface area contributed by atoms with Gasteiger partial charge in [0, 0.05) is 5.56 Å². The minimum absolute atomic E-state index is 0.0925. The van der Waals surface area contributed by atoms with Crippen LogP contribution in [0.2, 0.25) is 5.15 Å². The second-order valence-corrected chi connectivity index (χ2v) is 3.66. The van der Waals surface area contributed by atoms with Crippen molar-refractivity contribution in [3.8, 4) is 0 Å². The molecule has 2 heterocycles. The maximum atomic E-state index is 11.1. The van der Waals surface area contributed by atoms with E-state index in [2.05, 4.69) is 10.3 Å². The van der Waals surface area contributed by atoms with Gasteiger partial charge in [-0.3, -0.25) is 4.79 Å². The van der Waals surface area contributed by atoms with E-state index in [9.17, 15) is 4.79 Å². The molecule has 1 atom stereocenters. The number of carbonyl (C=O) groups excluding carboxylic acids is 1. The number of hydrogen-bond acceptors (Lipinski definition) is 4. The number of rotatable bonds is 1. The molecule has 0 aliphatic carbocycles. The highest BCUT2D eigenvalue weighted by Crippen LogP contribution is 2.24. The zero-order valence-corrected chi connectivity index (χ0v) is 8.62. The van der Waals surface area contributed by atoms with Crippen LogP contribution in [0.15, 0.2) is 12.3 Å². The third kappa shape index (κ3) is 2.19. The molecular weight excluding hydrogens is 218 g/mol. The van der Waals surface area contributed by atoms with Crippen LogP contribution in [-0.2, 0) is 9.53 Å². The molecule has 0 saturated carbocycles. The molecule has 80 valence electrons. The molecule has 1 aromatic heterocycles. The highest BCUT2D eigenvalue weighted by atomic mass is 35.5. The number of halogens is 1. The Morgan fingerprint density at radius 3 is 3.20 bits per heavy atom. The van der Waals surface area contributed by atoms with E-state index in [4.69, 9.17) is 22.1 Å². The summed E-state index contributed by atoms with van der Waals surface area (Å²) in [5, 5.41) is 3.12. The Morgan fingerprint density at radius 1 is 1.67 bits per heavy atom. The summed E-state index contributed by atoms with van der Waals surface area (Å²) in [6, 6.07) is 1.39. The van der Waals surface area contributed by atoms with E-state index in [1.165, 1.54) is 6.20 Å². The van der Waals surface area contributed by atoms with Crippen LogP contribution < -0.4 is 11.1 Å². The lowest BCUT2D eigenvalue weighted by Gasteiger charge is -2.24. The largest absolute Gasteiger partial charge is 0.397 e. The summed E-state index contributed by atoms with van der Waals surface area (Å²) in [5.41, 5.74) is 6.97. The minimum Gasteiger partial charge on any atom is -0.397 e. The number of carbonyl (C=O) groups is 1. The number of nitrogens with zero attached hydrogens (tertiary/aromatic N) is 1. The molecule has 5 nitrogen and oxygen atoms in total.